The van der Waals surface area contributed by atoms with Gasteiger partial charge >= 0.3 is 0 Å². The first-order chi connectivity index (χ1) is 7.22. The first kappa shape index (κ1) is 10.2. The molecule has 1 atom stereocenters. The summed E-state index contributed by atoms with van der Waals surface area (Å²) < 4.78 is 2.08. The number of benzene rings is 1. The van der Waals surface area contributed by atoms with Gasteiger partial charge in [-0.05, 0) is 30.5 Å². The lowest BCUT2D eigenvalue weighted by Gasteiger charge is -2.10. The molecule has 0 aliphatic carbocycles. The van der Waals surface area contributed by atoms with E-state index in [9.17, 15) is 0 Å². The zero-order valence-corrected chi connectivity index (χ0v) is 9.27. The fourth-order valence-corrected chi connectivity index (χ4v) is 1.92. The van der Waals surface area contributed by atoms with Gasteiger partial charge in [0, 0.05) is 7.05 Å². The number of rotatable bonds is 3. The van der Waals surface area contributed by atoms with Gasteiger partial charge in [-0.1, -0.05) is 19.1 Å². The molecule has 0 saturated carbocycles. The van der Waals surface area contributed by atoms with Crippen LogP contribution in [0.1, 0.15) is 12.5 Å². The molecule has 0 radical (unpaired) electrons. The Kier molecular flexibility index (Phi) is 2.73. The molecule has 15 heavy (non-hydrogen) atoms. The third-order valence-electron chi connectivity index (χ3n) is 2.79. The predicted molar refractivity (Wildman–Crippen MR) is 62.6 cm³/mol. The molecule has 2 rings (SSSR count). The standard InChI is InChI=1S/C12H17N3/c1-9(7-13)6-10-4-3-5-11-12(10)15(2)8-14-11/h3-5,8-9H,6-7,13H2,1-2H3. The van der Waals surface area contributed by atoms with E-state index in [1.54, 1.807) is 0 Å². The summed E-state index contributed by atoms with van der Waals surface area (Å²) >= 11 is 0. The highest BCUT2D eigenvalue weighted by Crippen LogP contribution is 2.19. The molecule has 0 aliphatic rings. The van der Waals surface area contributed by atoms with Gasteiger partial charge in [0.1, 0.15) is 0 Å². The molecule has 3 nitrogen and oxygen atoms in total. The number of hydrogen-bond acceptors (Lipinski definition) is 2. The Bertz CT molecular complexity index is 459. The van der Waals surface area contributed by atoms with Crippen LogP contribution in [0.5, 0.6) is 0 Å². The Morgan fingerprint density at radius 2 is 2.27 bits per heavy atom. The quantitative estimate of drug-likeness (QED) is 0.825. The number of nitrogens with zero attached hydrogens (tertiary/aromatic N) is 2. The summed E-state index contributed by atoms with van der Waals surface area (Å²) in [7, 11) is 2.03. The summed E-state index contributed by atoms with van der Waals surface area (Å²) in [5, 5.41) is 0. The zero-order valence-electron chi connectivity index (χ0n) is 9.27. The molecule has 0 amide bonds. The molecule has 0 aliphatic heterocycles. The molecule has 1 heterocycles. The molecule has 1 aromatic heterocycles. The molecule has 1 aromatic carbocycles. The fourth-order valence-electron chi connectivity index (χ4n) is 1.92. The fraction of sp³-hybridized carbons (Fsp3) is 0.417. The van der Waals surface area contributed by atoms with Gasteiger partial charge in [0.25, 0.3) is 0 Å². The Morgan fingerprint density at radius 1 is 1.47 bits per heavy atom. The van der Waals surface area contributed by atoms with Crippen LogP contribution in [0.3, 0.4) is 0 Å². The Labute approximate surface area is 89.9 Å². The van der Waals surface area contributed by atoms with Gasteiger partial charge in [0.2, 0.25) is 0 Å². The zero-order chi connectivity index (χ0) is 10.8. The van der Waals surface area contributed by atoms with Crippen molar-refractivity contribution in [1.29, 1.82) is 0 Å². The SMILES string of the molecule is CC(CN)Cc1cccc2ncn(C)c12. The minimum absolute atomic E-state index is 0.519. The predicted octanol–water partition coefficient (Wildman–Crippen LogP) is 1.71. The van der Waals surface area contributed by atoms with E-state index in [-0.39, 0.29) is 0 Å². The van der Waals surface area contributed by atoms with E-state index < -0.39 is 0 Å². The third kappa shape index (κ3) is 1.88. The molecular weight excluding hydrogens is 186 g/mol. The first-order valence-corrected chi connectivity index (χ1v) is 5.31. The summed E-state index contributed by atoms with van der Waals surface area (Å²) in [5.41, 5.74) is 9.30. The van der Waals surface area contributed by atoms with Gasteiger partial charge in [-0.2, -0.15) is 0 Å². The van der Waals surface area contributed by atoms with Gasteiger partial charge < -0.3 is 10.3 Å². The van der Waals surface area contributed by atoms with E-state index in [0.717, 1.165) is 18.5 Å². The lowest BCUT2D eigenvalue weighted by molar-refractivity contribution is 0.594. The Hall–Kier alpha value is -1.35. The average Bonchev–Trinajstić information content (AvgIpc) is 2.61. The van der Waals surface area contributed by atoms with Crippen LogP contribution >= 0.6 is 0 Å². The molecule has 2 aromatic rings. The molecule has 1 unspecified atom stereocenters. The second-order valence-electron chi connectivity index (χ2n) is 4.19. The van der Waals surface area contributed by atoms with E-state index in [4.69, 9.17) is 5.73 Å². The van der Waals surface area contributed by atoms with Gasteiger partial charge in [0.05, 0.1) is 17.4 Å². The summed E-state index contributed by atoms with van der Waals surface area (Å²) in [6, 6.07) is 6.27. The number of nitrogens with two attached hydrogens (primary N) is 1. The van der Waals surface area contributed by atoms with Gasteiger partial charge in [-0.15, -0.1) is 0 Å². The van der Waals surface area contributed by atoms with E-state index in [2.05, 4.69) is 28.6 Å². The summed E-state index contributed by atoms with van der Waals surface area (Å²) in [6.07, 6.45) is 2.88. The largest absolute Gasteiger partial charge is 0.334 e. The van der Waals surface area contributed by atoms with Crippen molar-refractivity contribution in [2.24, 2.45) is 18.7 Å². The van der Waals surface area contributed by atoms with E-state index in [0.29, 0.717) is 5.92 Å². The van der Waals surface area contributed by atoms with Crippen molar-refractivity contribution < 1.29 is 0 Å². The Morgan fingerprint density at radius 3 is 3.00 bits per heavy atom. The lowest BCUT2D eigenvalue weighted by atomic mass is 10.0. The van der Waals surface area contributed by atoms with Crippen LogP contribution in [0.4, 0.5) is 0 Å². The van der Waals surface area contributed by atoms with Crippen molar-refractivity contribution in [3.8, 4) is 0 Å². The summed E-state index contributed by atoms with van der Waals surface area (Å²) in [5.74, 6) is 0.519. The van der Waals surface area contributed by atoms with Crippen LogP contribution in [0, 0.1) is 5.92 Å². The van der Waals surface area contributed by atoms with E-state index in [1.165, 1.54) is 11.1 Å². The third-order valence-corrected chi connectivity index (χ3v) is 2.79. The van der Waals surface area contributed by atoms with E-state index >= 15 is 0 Å². The van der Waals surface area contributed by atoms with Crippen molar-refractivity contribution in [3.05, 3.63) is 30.1 Å². The summed E-state index contributed by atoms with van der Waals surface area (Å²) in [4.78, 5) is 4.34. The number of fused-ring (bicyclic) bond motifs is 1. The van der Waals surface area contributed by atoms with Gasteiger partial charge in [0.15, 0.2) is 0 Å². The van der Waals surface area contributed by atoms with Crippen LogP contribution in [0.25, 0.3) is 11.0 Å². The molecule has 3 heteroatoms. The lowest BCUT2D eigenvalue weighted by Crippen LogP contribution is -2.13. The molecule has 2 N–H and O–H groups in total. The van der Waals surface area contributed by atoms with Crippen molar-refractivity contribution in [3.63, 3.8) is 0 Å². The topological polar surface area (TPSA) is 43.8 Å². The summed E-state index contributed by atoms with van der Waals surface area (Å²) in [6.45, 7) is 2.91. The second-order valence-corrected chi connectivity index (χ2v) is 4.19. The maximum absolute atomic E-state index is 5.65. The van der Waals surface area contributed by atoms with Gasteiger partial charge in [-0.3, -0.25) is 0 Å². The van der Waals surface area contributed by atoms with Crippen LogP contribution in [-0.2, 0) is 13.5 Å². The normalized spacial score (nSPS) is 13.3. The molecule has 0 fully saturated rings. The smallest absolute Gasteiger partial charge is 0.0955 e. The number of hydrogen-bond donors (Lipinski definition) is 1. The second kappa shape index (κ2) is 4.03. The first-order valence-electron chi connectivity index (χ1n) is 5.31. The number of imidazole rings is 1. The van der Waals surface area contributed by atoms with Crippen LogP contribution in [-0.4, -0.2) is 16.1 Å². The molecule has 80 valence electrons. The molecule has 0 spiro atoms. The average molecular weight is 203 g/mol. The minimum atomic E-state index is 0.519. The van der Waals surface area contributed by atoms with Crippen LogP contribution in [0.15, 0.2) is 24.5 Å². The molecular formula is C12H17N3. The maximum atomic E-state index is 5.65. The van der Waals surface area contributed by atoms with Gasteiger partial charge in [-0.25, -0.2) is 4.98 Å². The van der Waals surface area contributed by atoms with Crippen LogP contribution < -0.4 is 5.73 Å². The molecule has 0 bridgehead atoms. The van der Waals surface area contributed by atoms with Crippen molar-refractivity contribution in [1.82, 2.24) is 9.55 Å². The minimum Gasteiger partial charge on any atom is -0.334 e. The highest BCUT2D eigenvalue weighted by atomic mass is 15.0. The maximum Gasteiger partial charge on any atom is 0.0955 e. The van der Waals surface area contributed by atoms with Crippen molar-refractivity contribution >= 4 is 11.0 Å². The number of aromatic nitrogens is 2. The monoisotopic (exact) mass is 203 g/mol. The van der Waals surface area contributed by atoms with E-state index in [1.807, 2.05) is 19.4 Å². The number of aryl methyl sites for hydroxylation is 1. The highest BCUT2D eigenvalue weighted by molar-refractivity contribution is 5.78. The van der Waals surface area contributed by atoms with Crippen molar-refractivity contribution in [2.75, 3.05) is 6.54 Å². The Balaban J connectivity index is 2.45. The van der Waals surface area contributed by atoms with Crippen molar-refractivity contribution in [2.45, 2.75) is 13.3 Å². The number of para-hydroxylation sites is 1. The highest BCUT2D eigenvalue weighted by Gasteiger charge is 2.08. The van der Waals surface area contributed by atoms with Crippen LogP contribution in [0.2, 0.25) is 0 Å². The molecule has 0 saturated heterocycles.